The number of rotatable bonds is 10. The van der Waals surface area contributed by atoms with Crippen LogP contribution in [-0.4, -0.2) is 38.4 Å². The van der Waals surface area contributed by atoms with Crippen LogP contribution in [0.4, 0.5) is 5.69 Å². The van der Waals surface area contributed by atoms with Crippen molar-refractivity contribution in [2.24, 2.45) is 0 Å². The number of sulfonamides is 1. The predicted molar refractivity (Wildman–Crippen MR) is 134 cm³/mol. The summed E-state index contributed by atoms with van der Waals surface area (Å²) in [5.74, 6) is 0.572. The molecule has 0 bridgehead atoms. The van der Waals surface area contributed by atoms with Crippen LogP contribution in [-0.2, 0) is 21.2 Å². The first-order chi connectivity index (χ1) is 15.4. The van der Waals surface area contributed by atoms with E-state index >= 15 is 0 Å². The second-order valence-electron chi connectivity index (χ2n) is 8.29. The summed E-state index contributed by atoms with van der Waals surface area (Å²) in [6.45, 7) is 4.21. The van der Waals surface area contributed by atoms with Gasteiger partial charge >= 0.3 is 0 Å². The van der Waals surface area contributed by atoms with Crippen molar-refractivity contribution < 1.29 is 13.2 Å². The van der Waals surface area contributed by atoms with Crippen LogP contribution in [0.15, 0.2) is 53.4 Å². The average molecular weight is 475 g/mol. The van der Waals surface area contributed by atoms with E-state index in [1.54, 1.807) is 30.3 Å². The van der Waals surface area contributed by atoms with Gasteiger partial charge in [0.25, 0.3) is 10.0 Å². The van der Waals surface area contributed by atoms with Crippen molar-refractivity contribution in [1.29, 1.82) is 0 Å². The highest BCUT2D eigenvalue weighted by Gasteiger charge is 2.28. The third-order valence-electron chi connectivity index (χ3n) is 5.87. The molecule has 0 unspecified atom stereocenters. The van der Waals surface area contributed by atoms with Crippen molar-refractivity contribution in [3.8, 4) is 0 Å². The minimum Gasteiger partial charge on any atom is -0.354 e. The number of amides is 1. The number of thioether (sulfide) groups is 1. The molecule has 1 saturated carbocycles. The fraction of sp³-hybridized carbons (Fsp3) is 0.480. The normalized spacial score (nSPS) is 14.8. The standard InChI is InChI=1S/C25H34N2O3S2/c1-3-21-9-7-8-12-24(21)27(32(29,30)23-15-13-20(2)14-16-23)19-25(28)26-17-18-31-22-10-5-4-6-11-22/h7-9,12-16,22H,3-6,10-11,17-19H2,1-2H3,(H,26,28). The van der Waals surface area contributed by atoms with Gasteiger partial charge in [0.15, 0.2) is 0 Å². The monoisotopic (exact) mass is 474 g/mol. The minimum atomic E-state index is -3.88. The zero-order valence-electron chi connectivity index (χ0n) is 19.0. The lowest BCUT2D eigenvalue weighted by atomic mass is 10.0. The number of nitrogens with one attached hydrogen (secondary N) is 1. The van der Waals surface area contributed by atoms with E-state index in [4.69, 9.17) is 0 Å². The molecule has 2 aromatic carbocycles. The third kappa shape index (κ3) is 6.51. The Balaban J connectivity index is 1.72. The molecule has 174 valence electrons. The van der Waals surface area contributed by atoms with Gasteiger partial charge in [-0.05, 0) is 49.9 Å². The molecule has 0 aliphatic heterocycles. The van der Waals surface area contributed by atoms with E-state index in [0.29, 0.717) is 23.9 Å². The first-order valence-corrected chi connectivity index (χ1v) is 14.0. The molecular weight excluding hydrogens is 440 g/mol. The number of carbonyl (C=O) groups excluding carboxylic acids is 1. The number of nitrogens with zero attached hydrogens (tertiary/aromatic N) is 1. The molecule has 2 aromatic rings. The maximum Gasteiger partial charge on any atom is 0.264 e. The predicted octanol–water partition coefficient (Wildman–Crippen LogP) is 4.93. The van der Waals surface area contributed by atoms with Crippen LogP contribution in [0.1, 0.15) is 50.2 Å². The first kappa shape index (κ1) is 24.6. The number of hydrogen-bond acceptors (Lipinski definition) is 4. The summed E-state index contributed by atoms with van der Waals surface area (Å²) in [5.41, 5.74) is 2.43. The van der Waals surface area contributed by atoms with Gasteiger partial charge in [-0.1, -0.05) is 62.1 Å². The Bertz CT molecular complexity index is 985. The Morgan fingerprint density at radius 1 is 1.06 bits per heavy atom. The van der Waals surface area contributed by atoms with Crippen LogP contribution in [0.5, 0.6) is 0 Å². The summed E-state index contributed by atoms with van der Waals surface area (Å²) in [6, 6.07) is 14.1. The van der Waals surface area contributed by atoms with Crippen molar-refractivity contribution in [1.82, 2.24) is 5.32 Å². The topological polar surface area (TPSA) is 66.5 Å². The molecule has 0 radical (unpaired) electrons. The molecule has 1 aliphatic rings. The van der Waals surface area contributed by atoms with Crippen LogP contribution < -0.4 is 9.62 Å². The summed E-state index contributed by atoms with van der Waals surface area (Å²) in [6.07, 6.45) is 7.12. The Morgan fingerprint density at radius 3 is 2.44 bits per heavy atom. The zero-order chi connectivity index (χ0) is 23.0. The summed E-state index contributed by atoms with van der Waals surface area (Å²) in [7, 11) is -3.88. The lowest BCUT2D eigenvalue weighted by molar-refractivity contribution is -0.119. The molecule has 0 heterocycles. The molecule has 1 aliphatic carbocycles. The van der Waals surface area contributed by atoms with Crippen LogP contribution in [0.2, 0.25) is 0 Å². The smallest absolute Gasteiger partial charge is 0.264 e. The molecule has 1 fully saturated rings. The maximum absolute atomic E-state index is 13.5. The quantitative estimate of drug-likeness (QED) is 0.496. The summed E-state index contributed by atoms with van der Waals surface area (Å²) in [5, 5.41) is 3.62. The van der Waals surface area contributed by atoms with Crippen LogP contribution >= 0.6 is 11.8 Å². The number of hydrogen-bond donors (Lipinski definition) is 1. The summed E-state index contributed by atoms with van der Waals surface area (Å²) < 4.78 is 28.3. The van der Waals surface area contributed by atoms with Crippen LogP contribution in [0, 0.1) is 6.92 Å². The molecule has 0 aromatic heterocycles. The van der Waals surface area contributed by atoms with E-state index < -0.39 is 10.0 Å². The molecule has 0 spiro atoms. The van der Waals surface area contributed by atoms with Crippen molar-refractivity contribution >= 4 is 33.4 Å². The lowest BCUT2D eigenvalue weighted by Gasteiger charge is -2.26. The van der Waals surface area contributed by atoms with Gasteiger partial charge in [-0.3, -0.25) is 9.10 Å². The maximum atomic E-state index is 13.5. The number of para-hydroxylation sites is 1. The van der Waals surface area contributed by atoms with E-state index in [0.717, 1.165) is 16.9 Å². The molecule has 5 nitrogen and oxygen atoms in total. The highest BCUT2D eigenvalue weighted by molar-refractivity contribution is 7.99. The van der Waals surface area contributed by atoms with Crippen molar-refractivity contribution in [3.63, 3.8) is 0 Å². The SMILES string of the molecule is CCc1ccccc1N(CC(=O)NCCSC1CCCCC1)S(=O)(=O)c1ccc(C)cc1. The van der Waals surface area contributed by atoms with E-state index in [9.17, 15) is 13.2 Å². The third-order valence-corrected chi connectivity index (χ3v) is 9.02. The number of anilines is 1. The molecule has 7 heteroatoms. The van der Waals surface area contributed by atoms with E-state index in [1.165, 1.54) is 36.4 Å². The van der Waals surface area contributed by atoms with Gasteiger partial charge in [-0.2, -0.15) is 11.8 Å². The molecule has 0 saturated heterocycles. The molecule has 1 N–H and O–H groups in total. The van der Waals surface area contributed by atoms with Gasteiger partial charge in [0.05, 0.1) is 10.6 Å². The number of benzene rings is 2. The highest BCUT2D eigenvalue weighted by Crippen LogP contribution is 2.29. The first-order valence-electron chi connectivity index (χ1n) is 11.5. The Kier molecular flexibility index (Phi) is 9.05. The Morgan fingerprint density at radius 2 is 1.75 bits per heavy atom. The lowest BCUT2D eigenvalue weighted by Crippen LogP contribution is -2.42. The molecule has 32 heavy (non-hydrogen) atoms. The van der Waals surface area contributed by atoms with Crippen LogP contribution in [0.3, 0.4) is 0 Å². The fourth-order valence-electron chi connectivity index (χ4n) is 4.02. The average Bonchev–Trinajstić information content (AvgIpc) is 2.81. The van der Waals surface area contributed by atoms with E-state index in [-0.39, 0.29) is 17.3 Å². The van der Waals surface area contributed by atoms with Gasteiger partial charge < -0.3 is 5.32 Å². The highest BCUT2D eigenvalue weighted by atomic mass is 32.2. The minimum absolute atomic E-state index is 0.190. The summed E-state index contributed by atoms with van der Waals surface area (Å²) in [4.78, 5) is 13.0. The van der Waals surface area contributed by atoms with Crippen molar-refractivity contribution in [2.45, 2.75) is 62.5 Å². The number of aryl methyl sites for hydroxylation is 2. The van der Waals surface area contributed by atoms with Gasteiger partial charge in [-0.15, -0.1) is 0 Å². The van der Waals surface area contributed by atoms with E-state index in [2.05, 4.69) is 5.32 Å². The van der Waals surface area contributed by atoms with Crippen molar-refractivity contribution in [3.05, 3.63) is 59.7 Å². The second kappa shape index (κ2) is 11.8. The molecule has 1 amide bonds. The molecule has 0 atom stereocenters. The number of carbonyl (C=O) groups is 1. The summed E-state index contributed by atoms with van der Waals surface area (Å²) >= 11 is 1.92. The molecular formula is C25H34N2O3S2. The molecule has 3 rings (SSSR count). The van der Waals surface area contributed by atoms with Gasteiger partial charge in [-0.25, -0.2) is 8.42 Å². The zero-order valence-corrected chi connectivity index (χ0v) is 20.7. The van der Waals surface area contributed by atoms with Gasteiger partial charge in [0, 0.05) is 17.5 Å². The van der Waals surface area contributed by atoms with Crippen molar-refractivity contribution in [2.75, 3.05) is 23.1 Å². The van der Waals surface area contributed by atoms with E-state index in [1.807, 2.05) is 43.8 Å². The Labute approximate surface area is 197 Å². The van der Waals surface area contributed by atoms with Gasteiger partial charge in [0.2, 0.25) is 5.91 Å². The largest absolute Gasteiger partial charge is 0.354 e. The Hall–Kier alpha value is -1.99. The fourth-order valence-corrected chi connectivity index (χ4v) is 6.70. The van der Waals surface area contributed by atoms with Gasteiger partial charge in [0.1, 0.15) is 6.54 Å². The second-order valence-corrected chi connectivity index (χ2v) is 11.6. The van der Waals surface area contributed by atoms with Crippen LogP contribution in [0.25, 0.3) is 0 Å².